The third-order valence-electron chi connectivity index (χ3n) is 8.18. The number of hydrogen-bond donors (Lipinski definition) is 0. The van der Waals surface area contributed by atoms with Crippen LogP contribution in [-0.2, 0) is 16.3 Å². The number of sulfone groups is 1. The molecule has 2 fully saturated rings. The smallest absolute Gasteiger partial charge is 0.230 e. The van der Waals surface area contributed by atoms with E-state index in [9.17, 15) is 8.42 Å². The van der Waals surface area contributed by atoms with Crippen molar-refractivity contribution in [3.05, 3.63) is 87.7 Å². The average molecular weight is 432 g/mol. The lowest BCUT2D eigenvalue weighted by Crippen LogP contribution is -2.40. The topological polar surface area (TPSA) is 38.5 Å². The van der Waals surface area contributed by atoms with Crippen molar-refractivity contribution in [3.8, 4) is 0 Å². The van der Waals surface area contributed by atoms with Crippen molar-refractivity contribution in [2.75, 3.05) is 0 Å². The van der Waals surface area contributed by atoms with E-state index in [1.165, 1.54) is 17.5 Å². The van der Waals surface area contributed by atoms with Gasteiger partial charge in [-0.25, -0.2) is 13.3 Å². The number of nitrogens with zero attached hydrogens (tertiary/aromatic N) is 1. The van der Waals surface area contributed by atoms with Gasteiger partial charge in [-0.3, -0.25) is 0 Å². The van der Waals surface area contributed by atoms with E-state index in [-0.39, 0.29) is 15.3 Å². The van der Waals surface area contributed by atoms with E-state index in [0.29, 0.717) is 17.8 Å². The molecule has 3 nitrogen and oxygen atoms in total. The fourth-order valence-electron chi connectivity index (χ4n) is 6.73. The summed E-state index contributed by atoms with van der Waals surface area (Å²) in [5.74, 6) is 1.65. The molecule has 2 aromatic rings. The number of fused-ring (bicyclic) bond motifs is 5. The Hall–Kier alpha value is -2.38. The summed E-state index contributed by atoms with van der Waals surface area (Å²) in [7, 11) is -3.78. The number of allylic oxidation sites excluding steroid dienone is 1. The van der Waals surface area contributed by atoms with Crippen LogP contribution in [0.1, 0.15) is 61.1 Å². The van der Waals surface area contributed by atoms with Crippen molar-refractivity contribution in [1.82, 2.24) is 0 Å². The van der Waals surface area contributed by atoms with E-state index in [0.717, 1.165) is 44.1 Å². The molecule has 3 aliphatic carbocycles. The molecule has 2 saturated carbocycles. The number of hydrogen-bond acceptors (Lipinski definition) is 2. The molecule has 0 spiro atoms. The Bertz CT molecular complexity index is 1170. The van der Waals surface area contributed by atoms with Gasteiger partial charge in [0.25, 0.3) is 5.03 Å². The van der Waals surface area contributed by atoms with Crippen LogP contribution in [0.15, 0.2) is 64.5 Å². The van der Waals surface area contributed by atoms with Gasteiger partial charge in [-0.1, -0.05) is 54.5 Å². The molecule has 0 aliphatic heterocycles. The number of aryl methyl sites for hydroxylation is 2. The van der Waals surface area contributed by atoms with Gasteiger partial charge in [0.15, 0.2) is 0 Å². The van der Waals surface area contributed by atoms with Crippen LogP contribution in [0.4, 0.5) is 0 Å². The van der Waals surface area contributed by atoms with Gasteiger partial charge in [-0.05, 0) is 91.9 Å². The van der Waals surface area contributed by atoms with E-state index >= 15 is 0 Å². The van der Waals surface area contributed by atoms with Crippen LogP contribution in [0, 0.1) is 30.7 Å². The second-order valence-corrected chi connectivity index (χ2v) is 11.6. The monoisotopic (exact) mass is 431 g/mol. The predicted octanol–water partition coefficient (Wildman–Crippen LogP) is 6.46. The first-order valence-electron chi connectivity index (χ1n) is 11.4. The minimum absolute atomic E-state index is 0.0714. The SMILES string of the molecule is [C-]#[N+]C(=C[C@@]12CCC[C@H]1[C@@H]1CCc3ccccc3[C@H]1CC2)S(=O)(=O)c1ccc(C)cc1. The number of rotatable bonds is 3. The zero-order chi connectivity index (χ0) is 21.6. The first kappa shape index (κ1) is 20.5. The van der Waals surface area contributed by atoms with Gasteiger partial charge in [-0.2, -0.15) is 0 Å². The molecule has 0 unspecified atom stereocenters. The fourth-order valence-corrected chi connectivity index (χ4v) is 7.98. The van der Waals surface area contributed by atoms with Crippen LogP contribution in [0.2, 0.25) is 0 Å². The van der Waals surface area contributed by atoms with Crippen molar-refractivity contribution < 1.29 is 8.42 Å². The van der Waals surface area contributed by atoms with Crippen molar-refractivity contribution in [2.24, 2.45) is 17.3 Å². The van der Waals surface area contributed by atoms with Crippen LogP contribution >= 0.6 is 0 Å². The molecule has 0 bridgehead atoms. The minimum atomic E-state index is -3.78. The number of benzene rings is 2. The van der Waals surface area contributed by atoms with Crippen LogP contribution in [0.5, 0.6) is 0 Å². The van der Waals surface area contributed by atoms with E-state index in [1.807, 2.05) is 13.0 Å². The molecule has 4 atom stereocenters. The Morgan fingerprint density at radius 1 is 1.06 bits per heavy atom. The van der Waals surface area contributed by atoms with Gasteiger partial charge < -0.3 is 0 Å². The standard InChI is InChI=1S/C27H29NO2S/c1-19-9-12-21(13-10-19)31(29,30)26(28-2)18-27-16-5-8-25(27)24-14-11-20-6-3-4-7-22(20)23(24)15-17-27/h3-4,6-7,9-10,12-13,18,23-25H,5,8,11,14-17H2,1H3/t23-,24-,25+,27+/m1/s1. The maximum Gasteiger partial charge on any atom is 0.279 e. The molecular weight excluding hydrogens is 402 g/mol. The third-order valence-corrected chi connectivity index (χ3v) is 9.83. The van der Waals surface area contributed by atoms with Crippen LogP contribution in [0.25, 0.3) is 4.85 Å². The second-order valence-electron chi connectivity index (χ2n) is 9.69. The minimum Gasteiger partial charge on any atom is -0.230 e. The fraction of sp³-hybridized carbons (Fsp3) is 0.444. The first-order valence-corrected chi connectivity index (χ1v) is 12.9. The van der Waals surface area contributed by atoms with Gasteiger partial charge in [-0.15, -0.1) is 0 Å². The van der Waals surface area contributed by atoms with Gasteiger partial charge in [0.05, 0.1) is 11.5 Å². The lowest BCUT2D eigenvalue weighted by Gasteiger charge is -2.49. The van der Waals surface area contributed by atoms with Crippen LogP contribution < -0.4 is 0 Å². The summed E-state index contributed by atoms with van der Waals surface area (Å²) in [4.78, 5) is 3.80. The van der Waals surface area contributed by atoms with E-state index < -0.39 is 9.84 Å². The van der Waals surface area contributed by atoms with Crippen molar-refractivity contribution in [3.63, 3.8) is 0 Å². The second kappa shape index (κ2) is 7.64. The molecule has 0 aromatic heterocycles. The van der Waals surface area contributed by atoms with Crippen molar-refractivity contribution in [2.45, 2.75) is 62.7 Å². The molecule has 2 aromatic carbocycles. The summed E-state index contributed by atoms with van der Waals surface area (Å²) in [6.07, 6.45) is 9.54. The average Bonchev–Trinajstić information content (AvgIpc) is 3.22. The van der Waals surface area contributed by atoms with Gasteiger partial charge >= 0.3 is 0 Å². The first-order chi connectivity index (χ1) is 14.9. The maximum atomic E-state index is 13.3. The van der Waals surface area contributed by atoms with Crippen LogP contribution in [0.3, 0.4) is 0 Å². The molecular formula is C27H29NO2S. The summed E-state index contributed by atoms with van der Waals surface area (Å²) in [6.45, 7) is 9.67. The predicted molar refractivity (Wildman–Crippen MR) is 123 cm³/mol. The molecule has 0 amide bonds. The highest BCUT2D eigenvalue weighted by atomic mass is 32.2. The highest BCUT2D eigenvalue weighted by Crippen LogP contribution is 2.62. The van der Waals surface area contributed by atoms with E-state index in [4.69, 9.17) is 6.57 Å². The summed E-state index contributed by atoms with van der Waals surface area (Å²) in [5, 5.41) is -0.0714. The Balaban J connectivity index is 1.52. The summed E-state index contributed by atoms with van der Waals surface area (Å²) < 4.78 is 26.6. The van der Waals surface area contributed by atoms with E-state index in [1.54, 1.807) is 24.3 Å². The molecule has 3 aliphatic rings. The van der Waals surface area contributed by atoms with Crippen molar-refractivity contribution >= 4 is 9.84 Å². The van der Waals surface area contributed by atoms with E-state index in [2.05, 4.69) is 29.1 Å². The zero-order valence-electron chi connectivity index (χ0n) is 18.0. The molecule has 0 N–H and O–H groups in total. The summed E-state index contributed by atoms with van der Waals surface area (Å²) >= 11 is 0. The van der Waals surface area contributed by atoms with Gasteiger partial charge in [0.2, 0.25) is 9.84 Å². The Morgan fingerprint density at radius 2 is 1.84 bits per heavy atom. The molecule has 0 saturated heterocycles. The lowest BCUT2D eigenvalue weighted by atomic mass is 9.55. The van der Waals surface area contributed by atoms with Gasteiger partial charge in [0.1, 0.15) is 0 Å². The molecule has 31 heavy (non-hydrogen) atoms. The molecule has 0 radical (unpaired) electrons. The normalized spacial score (nSPS) is 30.1. The Morgan fingerprint density at radius 3 is 2.61 bits per heavy atom. The lowest BCUT2D eigenvalue weighted by molar-refractivity contribution is 0.0826. The third kappa shape index (κ3) is 3.34. The molecule has 160 valence electrons. The Labute approximate surface area is 185 Å². The molecule has 0 heterocycles. The zero-order valence-corrected chi connectivity index (χ0v) is 18.9. The Kier molecular flexibility index (Phi) is 5.06. The highest BCUT2D eigenvalue weighted by molar-refractivity contribution is 7.95. The van der Waals surface area contributed by atoms with Crippen LogP contribution in [-0.4, -0.2) is 8.42 Å². The largest absolute Gasteiger partial charge is 0.279 e. The summed E-state index contributed by atoms with van der Waals surface area (Å²) in [5.41, 5.74) is 3.87. The van der Waals surface area contributed by atoms with Crippen molar-refractivity contribution in [1.29, 1.82) is 0 Å². The summed E-state index contributed by atoms with van der Waals surface area (Å²) in [6, 6.07) is 15.7. The highest BCUT2D eigenvalue weighted by Gasteiger charge is 2.52. The quantitative estimate of drug-likeness (QED) is 0.523. The maximum absolute atomic E-state index is 13.3. The van der Waals surface area contributed by atoms with Gasteiger partial charge in [0, 0.05) is 0 Å². The molecule has 4 heteroatoms. The molecule has 5 rings (SSSR count).